The summed E-state index contributed by atoms with van der Waals surface area (Å²) < 4.78 is 18.5. The topological polar surface area (TPSA) is 21.3 Å². The zero-order valence-electron chi connectivity index (χ0n) is 11.0. The Morgan fingerprint density at radius 2 is 2.22 bits per heavy atom. The van der Waals surface area contributed by atoms with E-state index in [9.17, 15) is 4.39 Å². The van der Waals surface area contributed by atoms with Crippen LogP contribution in [0.1, 0.15) is 37.8 Å². The molecule has 0 amide bonds. The van der Waals surface area contributed by atoms with Crippen molar-refractivity contribution in [3.8, 4) is 0 Å². The van der Waals surface area contributed by atoms with Crippen LogP contribution in [-0.2, 0) is 4.74 Å². The molecule has 0 aromatic heterocycles. The summed E-state index contributed by atoms with van der Waals surface area (Å²) in [6.07, 6.45) is 2.92. The maximum absolute atomic E-state index is 13.5. The van der Waals surface area contributed by atoms with E-state index in [-0.39, 0.29) is 16.9 Å². The molecule has 0 radical (unpaired) electrons. The van der Waals surface area contributed by atoms with Gasteiger partial charge in [-0.2, -0.15) is 0 Å². The largest absolute Gasteiger partial charge is 0.385 e. The Morgan fingerprint density at radius 1 is 1.44 bits per heavy atom. The molecule has 1 unspecified atom stereocenters. The molecule has 1 N–H and O–H groups in total. The minimum atomic E-state index is -0.357. The first-order chi connectivity index (χ1) is 8.69. The molecule has 1 aromatic carbocycles. The van der Waals surface area contributed by atoms with Gasteiger partial charge < -0.3 is 10.1 Å². The van der Waals surface area contributed by atoms with Gasteiger partial charge in [-0.15, -0.1) is 0 Å². The van der Waals surface area contributed by atoms with Gasteiger partial charge >= 0.3 is 0 Å². The first-order valence-electron chi connectivity index (χ1n) is 6.36. The third-order valence-electron chi connectivity index (χ3n) is 2.83. The van der Waals surface area contributed by atoms with E-state index in [2.05, 4.69) is 12.2 Å². The molecule has 1 atom stereocenters. The van der Waals surface area contributed by atoms with E-state index in [1.807, 2.05) is 6.07 Å². The summed E-state index contributed by atoms with van der Waals surface area (Å²) in [7, 11) is 1.69. The molecule has 4 heteroatoms. The fraction of sp³-hybridized carbons (Fsp3) is 0.571. The highest BCUT2D eigenvalue weighted by Gasteiger charge is 2.12. The maximum Gasteiger partial charge on any atom is 0.142 e. The first kappa shape index (κ1) is 15.4. The van der Waals surface area contributed by atoms with Crippen LogP contribution in [0, 0.1) is 5.82 Å². The minimum Gasteiger partial charge on any atom is -0.385 e. The van der Waals surface area contributed by atoms with Crippen LogP contribution in [0.3, 0.4) is 0 Å². The van der Waals surface area contributed by atoms with E-state index in [0.29, 0.717) is 0 Å². The van der Waals surface area contributed by atoms with Gasteiger partial charge in [0.2, 0.25) is 0 Å². The summed E-state index contributed by atoms with van der Waals surface area (Å²) in [5.41, 5.74) is 0.946. The van der Waals surface area contributed by atoms with Gasteiger partial charge in [0.15, 0.2) is 0 Å². The van der Waals surface area contributed by atoms with E-state index in [0.717, 1.165) is 38.0 Å². The standard InChI is InChI=1S/C14H21ClFNO/c1-3-8-17-14(5-4-9-18-2)11-6-7-12(15)13(16)10-11/h6-7,10,14,17H,3-5,8-9H2,1-2H3. The molecule has 0 aliphatic heterocycles. The monoisotopic (exact) mass is 273 g/mol. The van der Waals surface area contributed by atoms with Crippen LogP contribution in [0.4, 0.5) is 4.39 Å². The number of halogens is 2. The number of ether oxygens (including phenoxy) is 1. The Hall–Kier alpha value is -0.640. The number of hydrogen-bond acceptors (Lipinski definition) is 2. The van der Waals surface area contributed by atoms with Crippen LogP contribution >= 0.6 is 11.6 Å². The van der Waals surface area contributed by atoms with Crippen molar-refractivity contribution in [2.75, 3.05) is 20.3 Å². The fourth-order valence-electron chi connectivity index (χ4n) is 1.87. The van der Waals surface area contributed by atoms with Crippen LogP contribution in [-0.4, -0.2) is 20.3 Å². The SMILES string of the molecule is CCCNC(CCCOC)c1ccc(Cl)c(F)c1. The Labute approximate surface area is 113 Å². The van der Waals surface area contributed by atoms with E-state index < -0.39 is 0 Å². The summed E-state index contributed by atoms with van der Waals surface area (Å²) in [5, 5.41) is 3.60. The lowest BCUT2D eigenvalue weighted by atomic mass is 10.0. The van der Waals surface area contributed by atoms with Gasteiger partial charge in [0.05, 0.1) is 5.02 Å². The van der Waals surface area contributed by atoms with Gasteiger partial charge in [0, 0.05) is 19.8 Å². The fourth-order valence-corrected chi connectivity index (χ4v) is 1.98. The van der Waals surface area contributed by atoms with Crippen molar-refractivity contribution in [1.82, 2.24) is 5.32 Å². The first-order valence-corrected chi connectivity index (χ1v) is 6.74. The smallest absolute Gasteiger partial charge is 0.142 e. The van der Waals surface area contributed by atoms with Gasteiger partial charge in [0.25, 0.3) is 0 Å². The summed E-state index contributed by atoms with van der Waals surface area (Å²) in [4.78, 5) is 0. The van der Waals surface area contributed by atoms with Crippen molar-refractivity contribution in [2.24, 2.45) is 0 Å². The average Bonchev–Trinajstić information content (AvgIpc) is 2.37. The molecule has 0 aliphatic carbocycles. The third-order valence-corrected chi connectivity index (χ3v) is 3.13. The zero-order valence-corrected chi connectivity index (χ0v) is 11.8. The molecule has 102 valence electrons. The molecule has 0 spiro atoms. The Morgan fingerprint density at radius 3 is 2.83 bits per heavy atom. The van der Waals surface area contributed by atoms with E-state index in [1.54, 1.807) is 13.2 Å². The highest BCUT2D eigenvalue weighted by Crippen LogP contribution is 2.23. The Kier molecular flexibility index (Phi) is 7.25. The molecule has 0 heterocycles. The van der Waals surface area contributed by atoms with Gasteiger partial charge in [-0.05, 0) is 43.5 Å². The zero-order chi connectivity index (χ0) is 13.4. The summed E-state index contributed by atoms with van der Waals surface area (Å²) >= 11 is 5.70. The summed E-state index contributed by atoms with van der Waals surface area (Å²) in [6.45, 7) is 3.75. The van der Waals surface area contributed by atoms with Crippen LogP contribution < -0.4 is 5.32 Å². The van der Waals surface area contributed by atoms with Gasteiger partial charge in [-0.25, -0.2) is 4.39 Å². The molecule has 18 heavy (non-hydrogen) atoms. The predicted octanol–water partition coefficient (Wildman–Crippen LogP) is 3.95. The lowest BCUT2D eigenvalue weighted by Crippen LogP contribution is -2.22. The summed E-state index contributed by atoms with van der Waals surface area (Å²) in [5.74, 6) is -0.357. The normalized spacial score (nSPS) is 12.7. The number of hydrogen-bond donors (Lipinski definition) is 1. The second-order valence-electron chi connectivity index (χ2n) is 4.32. The molecule has 2 nitrogen and oxygen atoms in total. The molecule has 0 aliphatic rings. The van der Waals surface area contributed by atoms with Crippen molar-refractivity contribution in [3.63, 3.8) is 0 Å². The highest BCUT2D eigenvalue weighted by atomic mass is 35.5. The van der Waals surface area contributed by atoms with E-state index >= 15 is 0 Å². The van der Waals surface area contributed by atoms with Crippen molar-refractivity contribution in [3.05, 3.63) is 34.6 Å². The molecule has 0 saturated heterocycles. The van der Waals surface area contributed by atoms with Crippen LogP contribution in [0.5, 0.6) is 0 Å². The van der Waals surface area contributed by atoms with Crippen molar-refractivity contribution >= 4 is 11.6 Å². The molecular formula is C14H21ClFNO. The second kappa shape index (κ2) is 8.46. The second-order valence-corrected chi connectivity index (χ2v) is 4.72. The molecule has 1 rings (SSSR count). The van der Waals surface area contributed by atoms with Crippen LogP contribution in [0.25, 0.3) is 0 Å². The van der Waals surface area contributed by atoms with Crippen LogP contribution in [0.2, 0.25) is 5.02 Å². The number of methoxy groups -OCH3 is 1. The molecule has 0 fully saturated rings. The van der Waals surface area contributed by atoms with Gasteiger partial charge in [-0.1, -0.05) is 24.6 Å². The molecule has 1 aromatic rings. The lowest BCUT2D eigenvalue weighted by molar-refractivity contribution is 0.188. The van der Waals surface area contributed by atoms with Gasteiger partial charge in [-0.3, -0.25) is 0 Å². The van der Waals surface area contributed by atoms with Crippen LogP contribution in [0.15, 0.2) is 18.2 Å². The lowest BCUT2D eigenvalue weighted by Gasteiger charge is -2.19. The highest BCUT2D eigenvalue weighted by molar-refractivity contribution is 6.30. The summed E-state index contributed by atoms with van der Waals surface area (Å²) in [6, 6.07) is 5.17. The van der Waals surface area contributed by atoms with E-state index in [4.69, 9.17) is 16.3 Å². The Bertz CT molecular complexity index is 360. The predicted molar refractivity (Wildman–Crippen MR) is 73.6 cm³/mol. The maximum atomic E-state index is 13.5. The molecule has 0 bridgehead atoms. The van der Waals surface area contributed by atoms with Crippen molar-refractivity contribution in [2.45, 2.75) is 32.2 Å². The third kappa shape index (κ3) is 4.92. The quantitative estimate of drug-likeness (QED) is 0.724. The van der Waals surface area contributed by atoms with Crippen molar-refractivity contribution < 1.29 is 9.13 Å². The molecular weight excluding hydrogens is 253 g/mol. The van der Waals surface area contributed by atoms with Crippen molar-refractivity contribution in [1.29, 1.82) is 0 Å². The Balaban J connectivity index is 2.70. The average molecular weight is 274 g/mol. The minimum absolute atomic E-state index is 0.159. The number of nitrogens with one attached hydrogen (secondary N) is 1. The van der Waals surface area contributed by atoms with Gasteiger partial charge in [0.1, 0.15) is 5.82 Å². The number of benzene rings is 1. The molecule has 0 saturated carbocycles. The number of rotatable bonds is 8. The van der Waals surface area contributed by atoms with E-state index in [1.165, 1.54) is 6.07 Å².